The topological polar surface area (TPSA) is 74.3 Å². The van der Waals surface area contributed by atoms with E-state index in [-0.39, 0.29) is 12.4 Å². The van der Waals surface area contributed by atoms with E-state index >= 15 is 0 Å². The van der Waals surface area contributed by atoms with Crippen molar-refractivity contribution in [3.8, 4) is 5.82 Å². The van der Waals surface area contributed by atoms with Gasteiger partial charge in [0.15, 0.2) is 12.4 Å². The number of hydrogen-bond donors (Lipinski definition) is 0. The number of fused-ring (bicyclic) bond motifs is 1. The molecule has 1 aliphatic rings. The van der Waals surface area contributed by atoms with Gasteiger partial charge in [-0.3, -0.25) is 9.36 Å². The van der Waals surface area contributed by atoms with Crippen LogP contribution in [0.15, 0.2) is 34.9 Å². The van der Waals surface area contributed by atoms with Crippen molar-refractivity contribution in [1.82, 2.24) is 9.72 Å². The summed E-state index contributed by atoms with van der Waals surface area (Å²) in [7, 11) is 0. The van der Waals surface area contributed by atoms with Crippen molar-refractivity contribution in [3.63, 3.8) is 0 Å². The summed E-state index contributed by atoms with van der Waals surface area (Å²) in [4.78, 5) is 25.1. The number of Topliss-reactive ketones (excluding diaryl/α,β-unsaturated/α-hetero) is 1. The maximum atomic E-state index is 12.7. The van der Waals surface area contributed by atoms with Gasteiger partial charge in [-0.15, -0.1) is 0 Å². The number of benzene rings is 1. The Bertz CT molecular complexity index is 1090. The van der Waals surface area contributed by atoms with Gasteiger partial charge in [-0.05, 0) is 75.8 Å². The normalized spacial score (nSPS) is 13.2. The number of carbonyl (C=O) groups is 2. The fourth-order valence-electron chi connectivity index (χ4n) is 4.01. The highest BCUT2D eigenvalue weighted by molar-refractivity contribution is 6.00. The lowest BCUT2D eigenvalue weighted by atomic mass is 9.90. The maximum Gasteiger partial charge on any atom is 0.338 e. The van der Waals surface area contributed by atoms with Crippen molar-refractivity contribution in [3.05, 3.63) is 69.7 Å². The van der Waals surface area contributed by atoms with E-state index < -0.39 is 5.97 Å². The van der Waals surface area contributed by atoms with Crippen molar-refractivity contribution < 1.29 is 18.8 Å². The number of carbonyl (C=O) groups excluding carboxylic acids is 2. The fourth-order valence-corrected chi connectivity index (χ4v) is 4.01. The third-order valence-corrected chi connectivity index (χ3v) is 5.49. The van der Waals surface area contributed by atoms with Gasteiger partial charge >= 0.3 is 5.97 Å². The zero-order valence-corrected chi connectivity index (χ0v) is 16.9. The van der Waals surface area contributed by atoms with Crippen LogP contribution in [0.3, 0.4) is 0 Å². The second kappa shape index (κ2) is 7.70. The van der Waals surface area contributed by atoms with Crippen LogP contribution in [-0.2, 0) is 17.6 Å². The summed E-state index contributed by atoms with van der Waals surface area (Å²) in [6, 6.07) is 9.29. The molecule has 0 radical (unpaired) electrons. The lowest BCUT2D eigenvalue weighted by Crippen LogP contribution is -2.15. The van der Waals surface area contributed by atoms with Crippen molar-refractivity contribution in [2.24, 2.45) is 0 Å². The van der Waals surface area contributed by atoms with Gasteiger partial charge in [-0.2, -0.15) is 0 Å². The molecule has 2 aromatic heterocycles. The molecule has 4 rings (SSSR count). The number of aryl methyl sites for hydroxylation is 4. The van der Waals surface area contributed by atoms with E-state index in [0.29, 0.717) is 22.7 Å². The van der Waals surface area contributed by atoms with Crippen molar-refractivity contribution >= 4 is 11.8 Å². The highest BCUT2D eigenvalue weighted by Crippen LogP contribution is 2.23. The van der Waals surface area contributed by atoms with Gasteiger partial charge in [0.2, 0.25) is 5.78 Å². The van der Waals surface area contributed by atoms with E-state index in [1.54, 1.807) is 12.1 Å². The highest BCUT2D eigenvalue weighted by atomic mass is 16.5. The zero-order valence-electron chi connectivity index (χ0n) is 16.9. The van der Waals surface area contributed by atoms with Gasteiger partial charge < -0.3 is 9.26 Å². The minimum Gasteiger partial charge on any atom is -0.454 e. The first-order chi connectivity index (χ1) is 13.9. The molecule has 0 N–H and O–H groups in total. The van der Waals surface area contributed by atoms with Gasteiger partial charge in [-0.1, -0.05) is 11.2 Å². The summed E-state index contributed by atoms with van der Waals surface area (Å²) < 4.78 is 12.3. The number of hydrogen-bond acceptors (Lipinski definition) is 5. The van der Waals surface area contributed by atoms with Crippen LogP contribution in [0, 0.1) is 20.8 Å². The quantitative estimate of drug-likeness (QED) is 0.478. The van der Waals surface area contributed by atoms with Crippen LogP contribution in [0.2, 0.25) is 0 Å². The van der Waals surface area contributed by atoms with E-state index in [2.05, 4.69) is 5.16 Å². The molecule has 1 aromatic carbocycles. The number of nitrogens with zero attached hydrogens (tertiary/aromatic N) is 2. The monoisotopic (exact) mass is 392 g/mol. The van der Waals surface area contributed by atoms with Crippen LogP contribution >= 0.6 is 0 Å². The number of ketones is 1. The smallest absolute Gasteiger partial charge is 0.338 e. The Hall–Kier alpha value is -3.15. The van der Waals surface area contributed by atoms with Crippen LogP contribution in [0.4, 0.5) is 0 Å². The minimum atomic E-state index is -0.465. The summed E-state index contributed by atoms with van der Waals surface area (Å²) in [5, 5.41) is 4.02. The first-order valence-corrected chi connectivity index (χ1v) is 9.89. The summed E-state index contributed by atoms with van der Waals surface area (Å²) in [5.41, 5.74) is 5.14. The van der Waals surface area contributed by atoms with Gasteiger partial charge in [0.25, 0.3) is 0 Å². The summed E-state index contributed by atoms with van der Waals surface area (Å²) in [6.45, 7) is 5.26. The largest absolute Gasteiger partial charge is 0.454 e. The van der Waals surface area contributed by atoms with Crippen LogP contribution in [0.25, 0.3) is 5.82 Å². The third kappa shape index (κ3) is 3.75. The van der Waals surface area contributed by atoms with Crippen LogP contribution in [0.1, 0.15) is 61.8 Å². The summed E-state index contributed by atoms with van der Waals surface area (Å²) >= 11 is 0. The van der Waals surface area contributed by atoms with Gasteiger partial charge in [0, 0.05) is 23.0 Å². The average molecular weight is 392 g/mol. The molecule has 150 valence electrons. The van der Waals surface area contributed by atoms with Crippen LogP contribution in [0.5, 0.6) is 0 Å². The van der Waals surface area contributed by atoms with Crippen LogP contribution < -0.4 is 0 Å². The average Bonchev–Trinajstić information content (AvgIpc) is 3.27. The fraction of sp³-hybridized carbons (Fsp3) is 0.348. The third-order valence-electron chi connectivity index (χ3n) is 5.49. The molecule has 0 aliphatic heterocycles. The Morgan fingerprint density at radius 3 is 2.55 bits per heavy atom. The van der Waals surface area contributed by atoms with E-state index in [1.807, 2.05) is 43.5 Å². The second-order valence-corrected chi connectivity index (χ2v) is 7.61. The Morgan fingerprint density at radius 1 is 1.07 bits per heavy atom. The Morgan fingerprint density at radius 2 is 1.83 bits per heavy atom. The molecule has 0 amide bonds. The molecule has 2 heterocycles. The molecule has 6 heteroatoms. The molecular weight excluding hydrogens is 368 g/mol. The minimum absolute atomic E-state index is 0.240. The van der Waals surface area contributed by atoms with Crippen molar-refractivity contribution in [1.29, 1.82) is 0 Å². The molecular formula is C23H24N2O4. The van der Waals surface area contributed by atoms with E-state index in [9.17, 15) is 9.59 Å². The first-order valence-electron chi connectivity index (χ1n) is 9.89. The van der Waals surface area contributed by atoms with Crippen molar-refractivity contribution in [2.75, 3.05) is 6.61 Å². The molecule has 6 nitrogen and oxygen atoms in total. The van der Waals surface area contributed by atoms with E-state index in [1.165, 1.54) is 17.5 Å². The summed E-state index contributed by atoms with van der Waals surface area (Å²) in [6.07, 6.45) is 4.38. The van der Waals surface area contributed by atoms with E-state index in [0.717, 1.165) is 30.7 Å². The number of aromatic nitrogens is 2. The molecule has 0 atom stereocenters. The van der Waals surface area contributed by atoms with Gasteiger partial charge in [-0.25, -0.2) is 4.79 Å². The molecule has 1 aliphatic carbocycles. The Labute approximate surface area is 169 Å². The lowest BCUT2D eigenvalue weighted by molar-refractivity contribution is 0.0474. The second-order valence-electron chi connectivity index (χ2n) is 7.61. The molecule has 0 bridgehead atoms. The highest BCUT2D eigenvalue weighted by Gasteiger charge is 2.20. The molecule has 3 aromatic rings. The number of rotatable bonds is 5. The SMILES string of the molecule is Cc1cc(-n2c(C)cc(C(=O)COC(=O)c3ccc4c(c3)CCCC4)c2C)no1. The standard InChI is InChI=1S/C23H24N2O4/c1-14-10-20(16(3)25(14)22-11-15(2)29-24-22)21(26)13-28-23(27)19-9-8-17-6-4-5-7-18(17)12-19/h8-12H,4-7,13H2,1-3H3. The zero-order chi connectivity index (χ0) is 20.5. The predicted octanol–water partition coefficient (Wildman–Crippen LogP) is 4.31. The number of ether oxygens (including phenoxy) is 1. The maximum absolute atomic E-state index is 12.7. The molecule has 0 saturated heterocycles. The van der Waals surface area contributed by atoms with Crippen molar-refractivity contribution in [2.45, 2.75) is 46.5 Å². The first kappa shape index (κ1) is 19.2. The summed E-state index contributed by atoms with van der Waals surface area (Å²) in [5.74, 6) is 0.616. The molecule has 29 heavy (non-hydrogen) atoms. The van der Waals surface area contributed by atoms with E-state index in [4.69, 9.17) is 9.26 Å². The Kier molecular flexibility index (Phi) is 5.09. The predicted molar refractivity (Wildman–Crippen MR) is 108 cm³/mol. The molecule has 0 spiro atoms. The van der Waals surface area contributed by atoms with Gasteiger partial charge in [0.05, 0.1) is 5.56 Å². The molecule has 0 unspecified atom stereocenters. The Balaban J connectivity index is 1.47. The molecule has 0 saturated carbocycles. The number of esters is 1. The molecule has 0 fully saturated rings. The lowest BCUT2D eigenvalue weighted by Gasteiger charge is -2.16. The van der Waals surface area contributed by atoms with Gasteiger partial charge in [0.1, 0.15) is 5.76 Å². The van der Waals surface area contributed by atoms with Crippen LogP contribution in [-0.4, -0.2) is 28.1 Å².